The van der Waals surface area contributed by atoms with Crippen LogP contribution in [0.5, 0.6) is 0 Å². The van der Waals surface area contributed by atoms with E-state index in [9.17, 15) is 8.42 Å². The van der Waals surface area contributed by atoms with Crippen molar-refractivity contribution in [3.63, 3.8) is 0 Å². The van der Waals surface area contributed by atoms with E-state index in [4.69, 9.17) is 4.74 Å². The summed E-state index contributed by atoms with van der Waals surface area (Å²) in [5.74, 6) is 0. The maximum atomic E-state index is 12.3. The number of sulfonamides is 1. The van der Waals surface area contributed by atoms with Crippen molar-refractivity contribution >= 4 is 10.0 Å². The van der Waals surface area contributed by atoms with Gasteiger partial charge < -0.3 is 10.1 Å². The smallest absolute Gasteiger partial charge is 0.260 e. The molecule has 1 heterocycles. The van der Waals surface area contributed by atoms with Gasteiger partial charge in [-0.3, -0.25) is 5.10 Å². The standard InChI is InChI=1S/C13H24N4O3S/c1-3-20-8-4-7-15-21(18,19)13-12(10(2)16-17-13)9-14-11-5-6-11/h11,14-15H,3-9H2,1-2H3,(H,16,17). The van der Waals surface area contributed by atoms with Crippen molar-refractivity contribution < 1.29 is 13.2 Å². The number of aromatic amines is 1. The summed E-state index contributed by atoms with van der Waals surface area (Å²) >= 11 is 0. The Morgan fingerprint density at radius 2 is 2.19 bits per heavy atom. The molecule has 0 spiro atoms. The van der Waals surface area contributed by atoms with E-state index < -0.39 is 10.0 Å². The topological polar surface area (TPSA) is 96.1 Å². The second kappa shape index (κ2) is 7.35. The summed E-state index contributed by atoms with van der Waals surface area (Å²) in [5.41, 5.74) is 1.51. The Hall–Kier alpha value is -0.960. The number of aryl methyl sites for hydroxylation is 1. The molecule has 8 heteroatoms. The first-order chi connectivity index (χ1) is 10.0. The number of aromatic nitrogens is 2. The second-order valence-corrected chi connectivity index (χ2v) is 6.92. The molecule has 0 atom stereocenters. The van der Waals surface area contributed by atoms with Crippen molar-refractivity contribution in [3.8, 4) is 0 Å². The SMILES string of the molecule is CCOCCCNS(=O)(=O)c1n[nH]c(C)c1CNC1CC1. The van der Waals surface area contributed by atoms with Crippen LogP contribution in [0, 0.1) is 6.92 Å². The lowest BCUT2D eigenvalue weighted by molar-refractivity contribution is 0.146. The highest BCUT2D eigenvalue weighted by Crippen LogP contribution is 2.21. The highest BCUT2D eigenvalue weighted by Gasteiger charge is 2.26. The zero-order valence-corrected chi connectivity index (χ0v) is 13.4. The number of hydrogen-bond acceptors (Lipinski definition) is 5. The van der Waals surface area contributed by atoms with Gasteiger partial charge in [0.1, 0.15) is 0 Å². The van der Waals surface area contributed by atoms with Crippen LogP contribution in [-0.2, 0) is 21.3 Å². The molecule has 0 amide bonds. The molecule has 1 aliphatic carbocycles. The van der Waals surface area contributed by atoms with Crippen LogP contribution in [0.2, 0.25) is 0 Å². The predicted molar refractivity (Wildman–Crippen MR) is 79.5 cm³/mol. The highest BCUT2D eigenvalue weighted by molar-refractivity contribution is 7.89. The maximum Gasteiger partial charge on any atom is 0.260 e. The summed E-state index contributed by atoms with van der Waals surface area (Å²) in [6, 6.07) is 0.522. The number of hydrogen-bond donors (Lipinski definition) is 3. The zero-order chi connectivity index (χ0) is 15.3. The van der Waals surface area contributed by atoms with Gasteiger partial charge in [-0.1, -0.05) is 0 Å². The van der Waals surface area contributed by atoms with Crippen molar-refractivity contribution in [1.29, 1.82) is 0 Å². The van der Waals surface area contributed by atoms with E-state index in [0.29, 0.717) is 38.8 Å². The highest BCUT2D eigenvalue weighted by atomic mass is 32.2. The number of nitrogens with zero attached hydrogens (tertiary/aromatic N) is 1. The lowest BCUT2D eigenvalue weighted by Gasteiger charge is -2.08. The summed E-state index contributed by atoms with van der Waals surface area (Å²) in [6.07, 6.45) is 2.97. The largest absolute Gasteiger partial charge is 0.382 e. The minimum atomic E-state index is -3.57. The Kier molecular flexibility index (Phi) is 5.74. The summed E-state index contributed by atoms with van der Waals surface area (Å²) in [7, 11) is -3.57. The van der Waals surface area contributed by atoms with E-state index in [1.165, 1.54) is 0 Å². The molecule has 120 valence electrons. The average Bonchev–Trinajstić information content (AvgIpc) is 3.19. The molecule has 0 radical (unpaired) electrons. The van der Waals surface area contributed by atoms with E-state index >= 15 is 0 Å². The Bertz CT molecular complexity index is 552. The molecular weight excluding hydrogens is 292 g/mol. The van der Waals surface area contributed by atoms with Crippen molar-refractivity contribution in [2.45, 2.75) is 50.7 Å². The van der Waals surface area contributed by atoms with Crippen LogP contribution in [0.3, 0.4) is 0 Å². The Labute approximate surface area is 125 Å². The fourth-order valence-corrected chi connectivity index (χ4v) is 3.25. The third-order valence-corrected chi connectivity index (χ3v) is 4.83. The van der Waals surface area contributed by atoms with Gasteiger partial charge in [0.05, 0.1) is 0 Å². The average molecular weight is 316 g/mol. The van der Waals surface area contributed by atoms with Gasteiger partial charge in [0, 0.05) is 43.6 Å². The predicted octanol–water partition coefficient (Wildman–Crippen LogP) is 0.675. The first kappa shape index (κ1) is 16.4. The molecule has 0 saturated heterocycles. The normalized spacial score (nSPS) is 15.5. The van der Waals surface area contributed by atoms with E-state index in [2.05, 4.69) is 20.2 Å². The molecule has 0 bridgehead atoms. The van der Waals surface area contributed by atoms with Gasteiger partial charge in [0.2, 0.25) is 0 Å². The van der Waals surface area contributed by atoms with Crippen LogP contribution in [0.4, 0.5) is 0 Å². The third kappa shape index (κ3) is 4.77. The van der Waals surface area contributed by atoms with Crippen LogP contribution in [0.1, 0.15) is 37.4 Å². The molecule has 1 saturated carbocycles. The van der Waals surface area contributed by atoms with Crippen LogP contribution in [-0.4, -0.2) is 44.4 Å². The Morgan fingerprint density at radius 3 is 2.86 bits per heavy atom. The van der Waals surface area contributed by atoms with Gasteiger partial charge in [0.25, 0.3) is 10.0 Å². The van der Waals surface area contributed by atoms with Crippen molar-refractivity contribution in [2.24, 2.45) is 0 Å². The number of ether oxygens (including phenoxy) is 1. The lowest BCUT2D eigenvalue weighted by Crippen LogP contribution is -2.28. The van der Waals surface area contributed by atoms with Crippen molar-refractivity contribution in [2.75, 3.05) is 19.8 Å². The first-order valence-electron chi connectivity index (χ1n) is 7.39. The number of nitrogens with one attached hydrogen (secondary N) is 3. The van der Waals surface area contributed by atoms with Crippen molar-refractivity contribution in [1.82, 2.24) is 20.2 Å². The van der Waals surface area contributed by atoms with Crippen LogP contribution >= 0.6 is 0 Å². The molecule has 1 aromatic heterocycles. The molecule has 21 heavy (non-hydrogen) atoms. The van der Waals surface area contributed by atoms with E-state index in [-0.39, 0.29) is 5.03 Å². The second-order valence-electron chi connectivity index (χ2n) is 5.24. The van der Waals surface area contributed by atoms with Crippen LogP contribution in [0.25, 0.3) is 0 Å². The van der Waals surface area contributed by atoms with E-state index in [0.717, 1.165) is 24.1 Å². The summed E-state index contributed by atoms with van der Waals surface area (Å²) < 4.78 is 32.4. The monoisotopic (exact) mass is 316 g/mol. The summed E-state index contributed by atoms with van der Waals surface area (Å²) in [6.45, 7) is 5.82. The minimum Gasteiger partial charge on any atom is -0.382 e. The molecule has 0 aliphatic heterocycles. The Morgan fingerprint density at radius 1 is 1.43 bits per heavy atom. The summed E-state index contributed by atoms with van der Waals surface area (Å²) in [4.78, 5) is 0. The first-order valence-corrected chi connectivity index (χ1v) is 8.87. The Balaban J connectivity index is 1.94. The zero-order valence-electron chi connectivity index (χ0n) is 12.6. The maximum absolute atomic E-state index is 12.3. The van der Waals surface area contributed by atoms with E-state index in [1.807, 2.05) is 13.8 Å². The molecule has 1 aliphatic rings. The molecule has 0 unspecified atom stereocenters. The van der Waals surface area contributed by atoms with Gasteiger partial charge in [-0.25, -0.2) is 13.1 Å². The fraction of sp³-hybridized carbons (Fsp3) is 0.769. The van der Waals surface area contributed by atoms with Crippen LogP contribution < -0.4 is 10.0 Å². The van der Waals surface area contributed by atoms with E-state index in [1.54, 1.807) is 0 Å². The number of H-pyrrole nitrogens is 1. The number of rotatable bonds is 10. The third-order valence-electron chi connectivity index (χ3n) is 3.40. The minimum absolute atomic E-state index is 0.101. The molecule has 3 N–H and O–H groups in total. The van der Waals surface area contributed by atoms with Gasteiger partial charge in [-0.15, -0.1) is 0 Å². The van der Waals surface area contributed by atoms with Gasteiger partial charge in [0.15, 0.2) is 5.03 Å². The van der Waals surface area contributed by atoms with Crippen LogP contribution in [0.15, 0.2) is 5.03 Å². The molecule has 2 rings (SSSR count). The van der Waals surface area contributed by atoms with Gasteiger partial charge in [-0.2, -0.15) is 5.10 Å². The molecule has 1 fully saturated rings. The quantitative estimate of drug-likeness (QED) is 0.552. The van der Waals surface area contributed by atoms with Gasteiger partial charge >= 0.3 is 0 Å². The molecule has 1 aromatic rings. The molecular formula is C13H24N4O3S. The van der Waals surface area contributed by atoms with Crippen molar-refractivity contribution in [3.05, 3.63) is 11.3 Å². The van der Waals surface area contributed by atoms with Gasteiger partial charge in [-0.05, 0) is 33.1 Å². The summed E-state index contributed by atoms with van der Waals surface area (Å²) in [5, 5.41) is 10.1. The molecule has 7 nitrogen and oxygen atoms in total. The fourth-order valence-electron chi connectivity index (χ4n) is 1.99. The lowest BCUT2D eigenvalue weighted by atomic mass is 10.2. The molecule has 0 aromatic carbocycles.